The maximum Gasteiger partial charge on any atom is 0.224 e. The zero-order valence-electron chi connectivity index (χ0n) is 17.4. The number of nitrogens with zero attached hydrogens (tertiary/aromatic N) is 5. The molecule has 0 spiro atoms. The fourth-order valence-electron chi connectivity index (χ4n) is 4.00. The monoisotopic (exact) mass is 410 g/mol. The molecule has 0 bridgehead atoms. The number of hydrogen-bond acceptors (Lipinski definition) is 4. The number of imidazole rings is 1. The van der Waals surface area contributed by atoms with Gasteiger partial charge in [-0.3, -0.25) is 4.79 Å². The Kier molecular flexibility index (Phi) is 4.71. The Morgan fingerprint density at radius 2 is 1.87 bits per heavy atom. The Hall–Kier alpha value is -4.00. The molecule has 0 saturated carbocycles. The predicted octanol–water partition coefficient (Wildman–Crippen LogP) is 4.26. The highest BCUT2D eigenvalue weighted by molar-refractivity contribution is 5.93. The van der Waals surface area contributed by atoms with Crippen LogP contribution in [0.5, 0.6) is 0 Å². The molecule has 0 aliphatic carbocycles. The summed E-state index contributed by atoms with van der Waals surface area (Å²) in [7, 11) is 0. The summed E-state index contributed by atoms with van der Waals surface area (Å²) in [6, 6.07) is 15.7. The van der Waals surface area contributed by atoms with Gasteiger partial charge in [0, 0.05) is 35.6 Å². The maximum atomic E-state index is 12.8. The Morgan fingerprint density at radius 1 is 1.06 bits per heavy atom. The first-order valence-corrected chi connectivity index (χ1v) is 10.2. The molecule has 7 heteroatoms. The second-order valence-corrected chi connectivity index (χ2v) is 7.55. The lowest BCUT2D eigenvalue weighted by molar-refractivity contribution is -0.116. The van der Waals surface area contributed by atoms with Gasteiger partial charge in [-0.15, -0.1) is 0 Å². The first kappa shape index (κ1) is 19.0. The second-order valence-electron chi connectivity index (χ2n) is 7.55. The third-order valence-corrected chi connectivity index (χ3v) is 5.58. The van der Waals surface area contributed by atoms with Gasteiger partial charge in [0.1, 0.15) is 0 Å². The summed E-state index contributed by atoms with van der Waals surface area (Å²) in [5, 5.41) is 8.77. The lowest BCUT2D eigenvalue weighted by Gasteiger charge is -2.13. The molecule has 2 aromatic carbocycles. The highest BCUT2D eigenvalue weighted by Gasteiger charge is 2.15. The summed E-state index contributed by atoms with van der Waals surface area (Å²) < 4.78 is 3.77. The minimum atomic E-state index is -0.0444. The van der Waals surface area contributed by atoms with Crippen LogP contribution in [0.4, 0.5) is 5.69 Å². The number of carbonyl (C=O) groups excluding carboxylic acids is 1. The summed E-state index contributed by atoms with van der Waals surface area (Å²) in [5.74, 6) is -0.0444. The van der Waals surface area contributed by atoms with Gasteiger partial charge < -0.3 is 9.88 Å². The molecule has 31 heavy (non-hydrogen) atoms. The zero-order valence-corrected chi connectivity index (χ0v) is 17.4. The van der Waals surface area contributed by atoms with Crippen LogP contribution in [0.2, 0.25) is 0 Å². The number of aromatic nitrogens is 5. The molecule has 0 saturated heterocycles. The van der Waals surface area contributed by atoms with Crippen LogP contribution in [0.25, 0.3) is 22.2 Å². The quantitative estimate of drug-likeness (QED) is 0.470. The van der Waals surface area contributed by atoms with Gasteiger partial charge in [-0.1, -0.05) is 24.3 Å². The van der Waals surface area contributed by atoms with Gasteiger partial charge >= 0.3 is 0 Å². The molecule has 0 fully saturated rings. The molecule has 1 N–H and O–H groups in total. The number of nitrogens with one attached hydrogen (secondary N) is 1. The van der Waals surface area contributed by atoms with E-state index < -0.39 is 0 Å². The minimum absolute atomic E-state index is 0.0444. The van der Waals surface area contributed by atoms with E-state index >= 15 is 0 Å². The largest absolute Gasteiger partial charge is 0.324 e. The molecule has 0 aliphatic heterocycles. The third kappa shape index (κ3) is 3.44. The van der Waals surface area contributed by atoms with Crippen molar-refractivity contribution in [3.8, 4) is 5.69 Å². The number of fused-ring (bicyclic) bond motifs is 3. The maximum absolute atomic E-state index is 12.8. The van der Waals surface area contributed by atoms with E-state index in [-0.39, 0.29) is 5.91 Å². The smallest absolute Gasteiger partial charge is 0.224 e. The molecule has 0 atom stereocenters. The normalized spacial score (nSPS) is 11.3. The fraction of sp³-hybridized carbons (Fsp3) is 0.167. The highest BCUT2D eigenvalue weighted by atomic mass is 16.1. The molecule has 0 unspecified atom stereocenters. The van der Waals surface area contributed by atoms with E-state index in [2.05, 4.69) is 10.3 Å². The predicted molar refractivity (Wildman–Crippen MR) is 120 cm³/mol. The van der Waals surface area contributed by atoms with Crippen LogP contribution in [0.3, 0.4) is 0 Å². The first-order chi connectivity index (χ1) is 15.1. The second kappa shape index (κ2) is 7.68. The van der Waals surface area contributed by atoms with E-state index in [9.17, 15) is 4.79 Å². The standard InChI is InChI=1S/C24H22N6O/c1-16-18(17(2)30-24(26-16)19-7-3-4-8-20(19)28-30)11-12-23(31)27-21-9-5-6-10-22(21)29-14-13-25-15-29/h3-10,13-15H,11-12H2,1-2H3,(H,27,31). The van der Waals surface area contributed by atoms with E-state index in [1.54, 1.807) is 12.5 Å². The molecule has 3 aromatic heterocycles. The molecule has 1 amide bonds. The van der Waals surface area contributed by atoms with Crippen molar-refractivity contribution >= 4 is 28.1 Å². The van der Waals surface area contributed by atoms with Crippen molar-refractivity contribution in [3.05, 3.63) is 84.2 Å². The van der Waals surface area contributed by atoms with Gasteiger partial charge in [0.15, 0.2) is 5.65 Å². The SMILES string of the molecule is Cc1nc2c3ccccc3nn2c(C)c1CCC(=O)Nc1ccccc1-n1ccnc1. The molecule has 3 heterocycles. The number of carbonyl (C=O) groups is 1. The number of aryl methyl sites for hydroxylation is 2. The summed E-state index contributed by atoms with van der Waals surface area (Å²) >= 11 is 0. The van der Waals surface area contributed by atoms with Gasteiger partial charge in [-0.05, 0) is 50.1 Å². The van der Waals surface area contributed by atoms with E-state index in [4.69, 9.17) is 10.1 Å². The number of hydrogen-bond donors (Lipinski definition) is 1. The summed E-state index contributed by atoms with van der Waals surface area (Å²) in [4.78, 5) is 21.6. The van der Waals surface area contributed by atoms with Crippen LogP contribution in [0.1, 0.15) is 23.4 Å². The fourth-order valence-corrected chi connectivity index (χ4v) is 4.00. The molecule has 7 nitrogen and oxygen atoms in total. The van der Waals surface area contributed by atoms with Crippen molar-refractivity contribution in [1.29, 1.82) is 0 Å². The van der Waals surface area contributed by atoms with Crippen molar-refractivity contribution in [2.24, 2.45) is 0 Å². The lowest BCUT2D eigenvalue weighted by atomic mass is 10.1. The average Bonchev–Trinajstić information content (AvgIpc) is 3.43. The van der Waals surface area contributed by atoms with Gasteiger partial charge in [-0.2, -0.15) is 5.10 Å². The van der Waals surface area contributed by atoms with Crippen molar-refractivity contribution in [2.45, 2.75) is 26.7 Å². The van der Waals surface area contributed by atoms with E-state index in [0.29, 0.717) is 12.8 Å². The van der Waals surface area contributed by atoms with Crippen molar-refractivity contribution in [3.63, 3.8) is 0 Å². The lowest BCUT2D eigenvalue weighted by Crippen LogP contribution is -2.15. The third-order valence-electron chi connectivity index (χ3n) is 5.58. The van der Waals surface area contributed by atoms with Gasteiger partial charge in [0.25, 0.3) is 0 Å². The number of amides is 1. The first-order valence-electron chi connectivity index (χ1n) is 10.2. The van der Waals surface area contributed by atoms with Gasteiger partial charge in [0.2, 0.25) is 5.91 Å². The molecule has 5 rings (SSSR count). The molecular weight excluding hydrogens is 388 g/mol. The molecule has 5 aromatic rings. The Labute approximate surface area is 179 Å². The zero-order chi connectivity index (χ0) is 21.4. The Balaban J connectivity index is 1.38. The Bertz CT molecular complexity index is 1400. The van der Waals surface area contributed by atoms with Gasteiger partial charge in [-0.25, -0.2) is 14.5 Å². The van der Waals surface area contributed by atoms with Crippen molar-refractivity contribution in [2.75, 3.05) is 5.32 Å². The van der Waals surface area contributed by atoms with Crippen LogP contribution in [0, 0.1) is 13.8 Å². The molecule has 154 valence electrons. The molecular formula is C24H22N6O. The van der Waals surface area contributed by atoms with Crippen LogP contribution in [-0.4, -0.2) is 30.1 Å². The summed E-state index contributed by atoms with van der Waals surface area (Å²) in [5.41, 5.74) is 6.42. The van der Waals surface area contributed by atoms with E-state index in [1.807, 2.05) is 77.7 Å². The van der Waals surface area contributed by atoms with Crippen molar-refractivity contribution in [1.82, 2.24) is 24.1 Å². The average molecular weight is 410 g/mol. The van der Waals surface area contributed by atoms with Crippen LogP contribution >= 0.6 is 0 Å². The number of anilines is 1. The Morgan fingerprint density at radius 3 is 2.71 bits per heavy atom. The summed E-state index contributed by atoms with van der Waals surface area (Å²) in [6.45, 7) is 4.03. The molecule has 0 aliphatic rings. The van der Waals surface area contributed by atoms with Gasteiger partial charge in [0.05, 0.1) is 23.2 Å². The van der Waals surface area contributed by atoms with Crippen LogP contribution < -0.4 is 5.32 Å². The van der Waals surface area contributed by atoms with Crippen LogP contribution in [0.15, 0.2) is 67.3 Å². The van der Waals surface area contributed by atoms with Crippen LogP contribution in [-0.2, 0) is 11.2 Å². The topological polar surface area (TPSA) is 77.1 Å². The van der Waals surface area contributed by atoms with E-state index in [1.165, 1.54) is 0 Å². The number of para-hydroxylation sites is 2. The minimum Gasteiger partial charge on any atom is -0.324 e. The van der Waals surface area contributed by atoms with E-state index in [0.717, 1.165) is 44.9 Å². The highest BCUT2D eigenvalue weighted by Crippen LogP contribution is 2.24. The number of rotatable bonds is 5. The summed E-state index contributed by atoms with van der Waals surface area (Å²) in [6.07, 6.45) is 6.23. The number of benzene rings is 2. The van der Waals surface area contributed by atoms with Crippen molar-refractivity contribution < 1.29 is 4.79 Å². The molecule has 0 radical (unpaired) electrons.